The van der Waals surface area contributed by atoms with Crippen molar-refractivity contribution in [3.63, 3.8) is 0 Å². The molecule has 66 valence electrons. The Labute approximate surface area is 67.6 Å². The summed E-state index contributed by atoms with van der Waals surface area (Å²) in [4.78, 5) is 10.7. The molecule has 0 heterocycles. The molecule has 0 aromatic carbocycles. The number of hydrogen-bond donors (Lipinski definition) is 2. The molecule has 0 saturated carbocycles. The van der Waals surface area contributed by atoms with Crippen LogP contribution in [-0.2, 0) is 4.79 Å². The van der Waals surface area contributed by atoms with Gasteiger partial charge >= 0.3 is 5.97 Å². The minimum atomic E-state index is -0.784. The van der Waals surface area contributed by atoms with Crippen molar-refractivity contribution >= 4 is 5.97 Å². The van der Waals surface area contributed by atoms with Gasteiger partial charge in [-0.25, -0.2) is 0 Å². The second kappa shape index (κ2) is 4.34. The summed E-state index contributed by atoms with van der Waals surface area (Å²) in [7, 11) is 0. The fourth-order valence-electron chi connectivity index (χ4n) is 0.863. The molecular weight excluding hydrogens is 142 g/mol. The number of carbonyl (C=O) groups is 1. The van der Waals surface area contributed by atoms with Crippen LogP contribution in [0, 0.1) is 5.41 Å². The molecule has 0 fully saturated rings. The normalized spacial score (nSPS) is 15.9. The summed E-state index contributed by atoms with van der Waals surface area (Å²) in [5, 5.41) is 8.78. The zero-order valence-electron chi connectivity index (χ0n) is 7.26. The summed E-state index contributed by atoms with van der Waals surface area (Å²) >= 11 is 0. The Hall–Kier alpha value is -0.570. The van der Waals surface area contributed by atoms with E-state index in [0.29, 0.717) is 6.42 Å². The van der Waals surface area contributed by atoms with Gasteiger partial charge in [0.25, 0.3) is 0 Å². The van der Waals surface area contributed by atoms with Crippen molar-refractivity contribution in [3.05, 3.63) is 0 Å². The summed E-state index contributed by atoms with van der Waals surface area (Å²) in [5.74, 6) is -0.784. The topological polar surface area (TPSA) is 63.3 Å². The number of carboxylic acids is 1. The Balaban J connectivity index is 3.99. The van der Waals surface area contributed by atoms with Gasteiger partial charge in [0.2, 0.25) is 0 Å². The van der Waals surface area contributed by atoms with Gasteiger partial charge in [0.05, 0.1) is 5.41 Å². The molecule has 0 aromatic heterocycles. The predicted molar refractivity (Wildman–Crippen MR) is 44.3 cm³/mol. The van der Waals surface area contributed by atoms with Gasteiger partial charge in [0, 0.05) is 6.54 Å². The highest BCUT2D eigenvalue weighted by Gasteiger charge is 2.30. The van der Waals surface area contributed by atoms with Crippen molar-refractivity contribution < 1.29 is 9.90 Å². The molecular formula is C8H17NO2. The Morgan fingerprint density at radius 1 is 1.64 bits per heavy atom. The highest BCUT2D eigenvalue weighted by Crippen LogP contribution is 2.22. The van der Waals surface area contributed by atoms with Gasteiger partial charge in [-0.2, -0.15) is 0 Å². The van der Waals surface area contributed by atoms with Gasteiger partial charge in [-0.3, -0.25) is 4.79 Å². The van der Waals surface area contributed by atoms with E-state index >= 15 is 0 Å². The van der Waals surface area contributed by atoms with Gasteiger partial charge in [0.1, 0.15) is 0 Å². The van der Waals surface area contributed by atoms with E-state index in [0.717, 1.165) is 12.8 Å². The number of nitrogens with two attached hydrogens (primary N) is 1. The average molecular weight is 159 g/mol. The lowest BCUT2D eigenvalue weighted by atomic mass is 9.85. The summed E-state index contributed by atoms with van der Waals surface area (Å²) in [6, 6.07) is 0. The molecule has 0 rings (SSSR count). The molecule has 0 saturated heterocycles. The third-order valence-electron chi connectivity index (χ3n) is 2.05. The van der Waals surface area contributed by atoms with Crippen LogP contribution in [-0.4, -0.2) is 17.6 Å². The van der Waals surface area contributed by atoms with Crippen LogP contribution in [0.25, 0.3) is 0 Å². The maximum Gasteiger partial charge on any atom is 0.310 e. The Kier molecular flexibility index (Phi) is 4.11. The minimum absolute atomic E-state index is 0.225. The van der Waals surface area contributed by atoms with Gasteiger partial charge in [-0.15, -0.1) is 0 Å². The zero-order chi connectivity index (χ0) is 8.91. The molecule has 0 spiro atoms. The van der Waals surface area contributed by atoms with E-state index in [2.05, 4.69) is 0 Å². The van der Waals surface area contributed by atoms with Crippen LogP contribution in [0.15, 0.2) is 0 Å². The monoisotopic (exact) mass is 159 g/mol. The number of unbranched alkanes of at least 4 members (excludes halogenated alkanes) is 1. The van der Waals surface area contributed by atoms with Crippen molar-refractivity contribution in [3.8, 4) is 0 Å². The van der Waals surface area contributed by atoms with Crippen LogP contribution in [0.3, 0.4) is 0 Å². The lowest BCUT2D eigenvalue weighted by molar-refractivity contribution is -0.147. The van der Waals surface area contributed by atoms with Crippen LogP contribution < -0.4 is 5.73 Å². The summed E-state index contributed by atoms with van der Waals surface area (Å²) in [6.07, 6.45) is 2.62. The SMILES string of the molecule is CCCCC(C)(CN)C(=O)O. The molecule has 0 aliphatic carbocycles. The van der Waals surface area contributed by atoms with E-state index in [-0.39, 0.29) is 6.54 Å². The van der Waals surface area contributed by atoms with E-state index in [1.807, 2.05) is 6.92 Å². The first-order chi connectivity index (χ1) is 5.06. The number of aliphatic carboxylic acids is 1. The standard InChI is InChI=1S/C8H17NO2/c1-3-4-5-8(2,6-9)7(10)11/h3-6,9H2,1-2H3,(H,10,11). The highest BCUT2D eigenvalue weighted by molar-refractivity contribution is 5.74. The molecule has 0 bridgehead atoms. The van der Waals surface area contributed by atoms with Gasteiger partial charge < -0.3 is 10.8 Å². The number of carboxylic acid groups (broad SMARTS) is 1. The molecule has 1 unspecified atom stereocenters. The van der Waals surface area contributed by atoms with E-state index in [1.54, 1.807) is 6.92 Å². The van der Waals surface area contributed by atoms with E-state index < -0.39 is 11.4 Å². The minimum Gasteiger partial charge on any atom is -0.481 e. The summed E-state index contributed by atoms with van der Waals surface area (Å²) < 4.78 is 0. The molecule has 0 aliphatic rings. The van der Waals surface area contributed by atoms with E-state index in [1.165, 1.54) is 0 Å². The quantitative estimate of drug-likeness (QED) is 0.634. The summed E-state index contributed by atoms with van der Waals surface area (Å²) in [6.45, 7) is 3.96. The van der Waals surface area contributed by atoms with Crippen LogP contribution in [0.5, 0.6) is 0 Å². The lowest BCUT2D eigenvalue weighted by Crippen LogP contribution is -2.35. The summed E-state index contributed by atoms with van der Waals surface area (Å²) in [5.41, 5.74) is 4.66. The molecule has 3 N–H and O–H groups in total. The first-order valence-corrected chi connectivity index (χ1v) is 4.00. The fourth-order valence-corrected chi connectivity index (χ4v) is 0.863. The van der Waals surface area contributed by atoms with Crippen LogP contribution in [0.2, 0.25) is 0 Å². The third kappa shape index (κ3) is 2.89. The Morgan fingerprint density at radius 2 is 2.18 bits per heavy atom. The molecule has 3 heteroatoms. The van der Waals surface area contributed by atoms with Crippen LogP contribution in [0.1, 0.15) is 33.1 Å². The van der Waals surface area contributed by atoms with Crippen molar-refractivity contribution in [1.29, 1.82) is 0 Å². The molecule has 0 aromatic rings. The average Bonchev–Trinajstić information content (AvgIpc) is 2.00. The second-order valence-electron chi connectivity index (χ2n) is 3.17. The van der Waals surface area contributed by atoms with Crippen molar-refractivity contribution in [2.24, 2.45) is 11.1 Å². The lowest BCUT2D eigenvalue weighted by Gasteiger charge is -2.21. The smallest absolute Gasteiger partial charge is 0.310 e. The molecule has 1 atom stereocenters. The molecule has 0 radical (unpaired) electrons. The third-order valence-corrected chi connectivity index (χ3v) is 2.05. The van der Waals surface area contributed by atoms with Gasteiger partial charge in [0.15, 0.2) is 0 Å². The molecule has 3 nitrogen and oxygen atoms in total. The Bertz CT molecular complexity index is 136. The molecule has 0 amide bonds. The van der Waals surface area contributed by atoms with E-state index in [4.69, 9.17) is 10.8 Å². The predicted octanol–water partition coefficient (Wildman–Crippen LogP) is 1.23. The van der Waals surface area contributed by atoms with Crippen LogP contribution >= 0.6 is 0 Å². The van der Waals surface area contributed by atoms with Crippen molar-refractivity contribution in [1.82, 2.24) is 0 Å². The first-order valence-electron chi connectivity index (χ1n) is 4.00. The fraction of sp³-hybridized carbons (Fsp3) is 0.875. The van der Waals surface area contributed by atoms with Crippen LogP contribution in [0.4, 0.5) is 0 Å². The highest BCUT2D eigenvalue weighted by atomic mass is 16.4. The maximum atomic E-state index is 10.7. The van der Waals surface area contributed by atoms with Crippen molar-refractivity contribution in [2.75, 3.05) is 6.54 Å². The van der Waals surface area contributed by atoms with Crippen molar-refractivity contribution in [2.45, 2.75) is 33.1 Å². The number of rotatable bonds is 5. The first kappa shape index (κ1) is 10.4. The maximum absolute atomic E-state index is 10.7. The second-order valence-corrected chi connectivity index (χ2v) is 3.17. The largest absolute Gasteiger partial charge is 0.481 e. The zero-order valence-corrected chi connectivity index (χ0v) is 7.26. The van der Waals surface area contributed by atoms with Gasteiger partial charge in [-0.05, 0) is 13.3 Å². The van der Waals surface area contributed by atoms with Gasteiger partial charge in [-0.1, -0.05) is 19.8 Å². The molecule has 0 aliphatic heterocycles. The number of hydrogen-bond acceptors (Lipinski definition) is 2. The molecule has 11 heavy (non-hydrogen) atoms. The Morgan fingerprint density at radius 3 is 2.45 bits per heavy atom. The van der Waals surface area contributed by atoms with E-state index in [9.17, 15) is 4.79 Å².